The lowest BCUT2D eigenvalue weighted by atomic mass is 10.2. The first-order valence-electron chi connectivity index (χ1n) is 3.58. The Kier molecular flexibility index (Phi) is 5.28. The van der Waals surface area contributed by atoms with Crippen LogP contribution in [-0.4, -0.2) is 18.3 Å². The molecule has 0 aliphatic carbocycles. The Morgan fingerprint density at radius 3 is 2.40 bits per heavy atom. The van der Waals surface area contributed by atoms with Crippen LogP contribution >= 0.6 is 19.9 Å². The molecule has 0 saturated heterocycles. The molecule has 0 fully saturated rings. The minimum Gasteiger partial charge on any atom is -0.169 e. The average Bonchev–Trinajstić information content (AvgIpc) is 1.78. The van der Waals surface area contributed by atoms with Gasteiger partial charge >= 0.3 is 0 Å². The van der Waals surface area contributed by atoms with Gasteiger partial charge in [-0.15, -0.1) is 6.58 Å². The van der Waals surface area contributed by atoms with Crippen molar-refractivity contribution in [1.29, 1.82) is 0 Å². The van der Waals surface area contributed by atoms with Crippen molar-refractivity contribution in [1.82, 2.24) is 0 Å². The molecule has 0 aromatic rings. The summed E-state index contributed by atoms with van der Waals surface area (Å²) in [5.41, 5.74) is 0. The first-order valence-corrected chi connectivity index (χ1v) is 7.02. The van der Waals surface area contributed by atoms with Crippen LogP contribution in [0.25, 0.3) is 0 Å². The van der Waals surface area contributed by atoms with Gasteiger partial charge in [-0.2, -0.15) is 9.24 Å². The second-order valence-electron chi connectivity index (χ2n) is 2.89. The predicted molar refractivity (Wildman–Crippen MR) is 54.2 cm³/mol. The van der Waals surface area contributed by atoms with Crippen molar-refractivity contribution in [2.24, 2.45) is 0 Å². The molecule has 0 atom stereocenters. The van der Waals surface area contributed by atoms with E-state index >= 15 is 0 Å². The van der Waals surface area contributed by atoms with Crippen LogP contribution < -0.4 is 0 Å². The second kappa shape index (κ2) is 5.09. The maximum Gasteiger partial charge on any atom is -0.0106 e. The van der Waals surface area contributed by atoms with E-state index in [1.807, 2.05) is 6.08 Å². The summed E-state index contributed by atoms with van der Waals surface area (Å²) in [5, 5.41) is 0. The van der Waals surface area contributed by atoms with Crippen molar-refractivity contribution < 1.29 is 0 Å². The van der Waals surface area contributed by atoms with Crippen LogP contribution in [0.1, 0.15) is 19.3 Å². The zero-order chi connectivity index (χ0) is 8.04. The van der Waals surface area contributed by atoms with Crippen molar-refractivity contribution >= 4 is 19.9 Å². The van der Waals surface area contributed by atoms with E-state index in [1.165, 1.54) is 18.6 Å². The number of halogens is 1. The van der Waals surface area contributed by atoms with Gasteiger partial charge in [-0.05, 0) is 37.5 Å². The maximum absolute atomic E-state index is 6.07. The molecule has 0 aliphatic rings. The molecule has 2 heteroatoms. The third-order valence-corrected chi connectivity index (χ3v) is 3.01. The topological polar surface area (TPSA) is 0 Å². The molecule has 0 rings (SSSR count). The summed E-state index contributed by atoms with van der Waals surface area (Å²) in [6, 6.07) is 0. The van der Waals surface area contributed by atoms with Gasteiger partial charge in [0.15, 0.2) is 0 Å². The van der Waals surface area contributed by atoms with Crippen molar-refractivity contribution in [2.75, 3.05) is 18.3 Å². The Morgan fingerprint density at radius 2 is 2.00 bits per heavy atom. The molecule has 10 heavy (non-hydrogen) atoms. The van der Waals surface area contributed by atoms with Crippen molar-refractivity contribution in [3.05, 3.63) is 12.7 Å². The van der Waals surface area contributed by atoms with E-state index in [4.69, 9.17) is 10.7 Å². The van der Waals surface area contributed by atoms with Crippen molar-refractivity contribution in [2.45, 2.75) is 19.3 Å². The summed E-state index contributed by atoms with van der Waals surface area (Å²) in [5.74, 6) is 1.18. The van der Waals surface area contributed by atoms with Crippen LogP contribution in [0.4, 0.5) is 0 Å². The third kappa shape index (κ3) is 8.38. The Labute approximate surface area is 70.5 Å². The Hall–Kier alpha value is 0.380. The van der Waals surface area contributed by atoms with Gasteiger partial charge in [-0.25, -0.2) is 0 Å². The number of hydrogen-bond acceptors (Lipinski definition) is 0. The van der Waals surface area contributed by atoms with Crippen LogP contribution in [0.2, 0.25) is 0 Å². The van der Waals surface area contributed by atoms with Crippen LogP contribution in [0.5, 0.6) is 0 Å². The summed E-state index contributed by atoms with van der Waals surface area (Å²) in [6.07, 6.45) is 9.87. The van der Waals surface area contributed by atoms with E-state index in [0.29, 0.717) is 0 Å². The maximum atomic E-state index is 6.07. The number of unbranched alkanes of at least 4 members (excludes halogenated alkanes) is 2. The Bertz CT molecular complexity index is 93.9. The molecule has 0 amide bonds. The standard InChI is InChI=1S/C8H17ClS/c1-4-5-6-7-8-10(2,3)9/h4H,1,5-8H2,2-3H3. The van der Waals surface area contributed by atoms with Gasteiger partial charge in [-0.3, -0.25) is 0 Å². The van der Waals surface area contributed by atoms with Gasteiger partial charge in [0.25, 0.3) is 0 Å². The lowest BCUT2D eigenvalue weighted by molar-refractivity contribution is 0.823. The molecule has 0 radical (unpaired) electrons. The lowest BCUT2D eigenvalue weighted by Gasteiger charge is -2.20. The fraction of sp³-hybridized carbons (Fsp3) is 0.750. The summed E-state index contributed by atoms with van der Waals surface area (Å²) in [6.45, 7) is 3.67. The van der Waals surface area contributed by atoms with E-state index in [-0.39, 0.29) is 0 Å². The van der Waals surface area contributed by atoms with Gasteiger partial charge in [0.1, 0.15) is 0 Å². The summed E-state index contributed by atoms with van der Waals surface area (Å²) in [4.78, 5) is 0. The summed E-state index contributed by atoms with van der Waals surface area (Å²) >= 11 is 0. The molecule has 0 heterocycles. The minimum atomic E-state index is -0.767. The average molecular weight is 181 g/mol. The Morgan fingerprint density at radius 1 is 1.40 bits per heavy atom. The highest BCUT2D eigenvalue weighted by atomic mass is 35.7. The van der Waals surface area contributed by atoms with E-state index in [2.05, 4.69) is 19.1 Å². The molecule has 0 N–H and O–H groups in total. The van der Waals surface area contributed by atoms with Crippen molar-refractivity contribution in [3.8, 4) is 0 Å². The second-order valence-corrected chi connectivity index (χ2v) is 8.61. The highest BCUT2D eigenvalue weighted by molar-refractivity contribution is 8.50. The van der Waals surface area contributed by atoms with Crippen molar-refractivity contribution in [3.63, 3.8) is 0 Å². The zero-order valence-corrected chi connectivity index (χ0v) is 8.47. The van der Waals surface area contributed by atoms with Gasteiger partial charge in [0.2, 0.25) is 0 Å². The third-order valence-electron chi connectivity index (χ3n) is 1.29. The molecule has 0 unspecified atom stereocenters. The van der Waals surface area contributed by atoms with Crippen LogP contribution in [0, 0.1) is 0 Å². The summed E-state index contributed by atoms with van der Waals surface area (Å²) < 4.78 is 0. The quantitative estimate of drug-likeness (QED) is 0.449. The van der Waals surface area contributed by atoms with Crippen LogP contribution in [-0.2, 0) is 0 Å². The van der Waals surface area contributed by atoms with Gasteiger partial charge in [0.05, 0.1) is 0 Å². The molecular formula is C8H17ClS. The molecule has 0 nitrogen and oxygen atoms in total. The fourth-order valence-electron chi connectivity index (χ4n) is 0.734. The van der Waals surface area contributed by atoms with E-state index in [0.717, 1.165) is 6.42 Å². The fourth-order valence-corrected chi connectivity index (χ4v) is 1.95. The predicted octanol–water partition coefficient (Wildman–Crippen LogP) is 3.56. The minimum absolute atomic E-state index is 0.767. The molecule has 0 aromatic heterocycles. The van der Waals surface area contributed by atoms with Gasteiger partial charge < -0.3 is 0 Å². The molecule has 0 bridgehead atoms. The SMILES string of the molecule is C=CCCCCS(C)(C)Cl. The van der Waals surface area contributed by atoms with E-state index < -0.39 is 9.24 Å². The lowest BCUT2D eigenvalue weighted by Crippen LogP contribution is -1.92. The first-order chi connectivity index (χ1) is 4.56. The van der Waals surface area contributed by atoms with E-state index in [9.17, 15) is 0 Å². The number of hydrogen-bond donors (Lipinski definition) is 0. The van der Waals surface area contributed by atoms with Crippen LogP contribution in [0.15, 0.2) is 12.7 Å². The summed E-state index contributed by atoms with van der Waals surface area (Å²) in [7, 11) is 5.30. The van der Waals surface area contributed by atoms with E-state index in [1.54, 1.807) is 0 Å². The number of rotatable bonds is 5. The highest BCUT2D eigenvalue weighted by Gasteiger charge is 2.04. The number of allylic oxidation sites excluding steroid dienone is 1. The smallest absolute Gasteiger partial charge is 0.0106 e. The molecule has 0 aliphatic heterocycles. The normalized spacial score (nSPS) is 13.1. The Balaban J connectivity index is 3.12. The van der Waals surface area contributed by atoms with Gasteiger partial charge in [-0.1, -0.05) is 16.8 Å². The zero-order valence-electron chi connectivity index (χ0n) is 6.90. The molecule has 0 aromatic carbocycles. The molecule has 0 saturated carbocycles. The van der Waals surface area contributed by atoms with Crippen LogP contribution in [0.3, 0.4) is 0 Å². The monoisotopic (exact) mass is 180 g/mol. The first kappa shape index (κ1) is 10.4. The molecule has 62 valence electrons. The molecule has 0 spiro atoms. The molecular weight excluding hydrogens is 164 g/mol. The van der Waals surface area contributed by atoms with Gasteiger partial charge in [0, 0.05) is 0 Å². The highest BCUT2D eigenvalue weighted by Crippen LogP contribution is 2.45. The largest absolute Gasteiger partial charge is 0.169 e.